The first-order valence-corrected chi connectivity index (χ1v) is 8.45. The van der Waals surface area contributed by atoms with Crippen LogP contribution in [-0.2, 0) is 10.0 Å². The van der Waals surface area contributed by atoms with Crippen molar-refractivity contribution in [3.05, 3.63) is 65.9 Å². The summed E-state index contributed by atoms with van der Waals surface area (Å²) in [6.07, 6.45) is 0.882. The molecule has 3 rings (SSSR count). The number of hydrogen-bond acceptors (Lipinski definition) is 3. The van der Waals surface area contributed by atoms with Crippen LogP contribution in [0.1, 0.15) is 24.2 Å². The molecule has 1 atom stereocenters. The lowest BCUT2D eigenvalue weighted by Gasteiger charge is -2.10. The molecule has 0 aliphatic carbocycles. The van der Waals surface area contributed by atoms with Crippen LogP contribution in [0.3, 0.4) is 0 Å². The molecule has 0 radical (unpaired) electrons. The Labute approximate surface area is 129 Å². The first kappa shape index (κ1) is 14.8. The van der Waals surface area contributed by atoms with E-state index in [1.54, 1.807) is 55.5 Å². The van der Waals surface area contributed by atoms with Gasteiger partial charge in [0.05, 0.1) is 16.5 Å². The van der Waals surface area contributed by atoms with Crippen molar-refractivity contribution in [2.24, 2.45) is 0 Å². The summed E-state index contributed by atoms with van der Waals surface area (Å²) >= 11 is 0. The molecule has 1 heterocycles. The van der Waals surface area contributed by atoms with Gasteiger partial charge in [0, 0.05) is 11.6 Å². The molecule has 4 nitrogen and oxygen atoms in total. The molecule has 0 aliphatic rings. The Balaban J connectivity index is 2.22. The monoisotopic (exact) mass is 315 g/mol. The molecular formula is C17H17NO3S. The molecule has 0 aliphatic heterocycles. The minimum Gasteiger partial charge on any atom is -0.389 e. The van der Waals surface area contributed by atoms with E-state index in [2.05, 4.69) is 0 Å². The average molecular weight is 315 g/mol. The molecule has 0 saturated carbocycles. The standard InChI is InChI=1S/C17H17NO3S/c1-12-6-8-14(9-7-12)22(20,21)18-11-10-16-15(13(2)19)4-3-5-17(16)18/h3-11,13,19H,1-2H3/t13-/m0/s1. The second-order valence-electron chi connectivity index (χ2n) is 5.39. The Kier molecular flexibility index (Phi) is 3.54. The highest BCUT2D eigenvalue weighted by Gasteiger charge is 2.20. The Morgan fingerprint density at radius 2 is 1.73 bits per heavy atom. The van der Waals surface area contributed by atoms with E-state index in [4.69, 9.17) is 0 Å². The van der Waals surface area contributed by atoms with Crippen molar-refractivity contribution in [1.82, 2.24) is 3.97 Å². The van der Waals surface area contributed by atoms with Gasteiger partial charge in [-0.2, -0.15) is 0 Å². The van der Waals surface area contributed by atoms with Crippen LogP contribution in [0.25, 0.3) is 10.9 Å². The third-order valence-corrected chi connectivity index (χ3v) is 5.46. The van der Waals surface area contributed by atoms with E-state index in [0.717, 1.165) is 16.5 Å². The largest absolute Gasteiger partial charge is 0.389 e. The summed E-state index contributed by atoms with van der Waals surface area (Å²) in [6.45, 7) is 3.58. The first-order valence-electron chi connectivity index (χ1n) is 7.01. The predicted molar refractivity (Wildman–Crippen MR) is 86.3 cm³/mol. The molecule has 0 bridgehead atoms. The van der Waals surface area contributed by atoms with E-state index in [9.17, 15) is 13.5 Å². The predicted octanol–water partition coefficient (Wildman–Crippen LogP) is 3.24. The minimum atomic E-state index is -3.65. The summed E-state index contributed by atoms with van der Waals surface area (Å²) in [7, 11) is -3.65. The van der Waals surface area contributed by atoms with E-state index in [0.29, 0.717) is 5.52 Å². The molecule has 3 aromatic rings. The molecule has 2 aromatic carbocycles. The Morgan fingerprint density at radius 3 is 2.36 bits per heavy atom. The second-order valence-corrected chi connectivity index (χ2v) is 7.20. The fraction of sp³-hybridized carbons (Fsp3) is 0.176. The van der Waals surface area contributed by atoms with Gasteiger partial charge in [-0.15, -0.1) is 0 Å². The maximum atomic E-state index is 12.8. The molecule has 5 heteroatoms. The van der Waals surface area contributed by atoms with Gasteiger partial charge >= 0.3 is 0 Å². The Bertz CT molecular complexity index is 922. The normalized spacial score (nSPS) is 13.4. The van der Waals surface area contributed by atoms with Crippen LogP contribution in [0.4, 0.5) is 0 Å². The van der Waals surface area contributed by atoms with Gasteiger partial charge in [-0.3, -0.25) is 0 Å². The van der Waals surface area contributed by atoms with Crippen molar-refractivity contribution < 1.29 is 13.5 Å². The Morgan fingerprint density at radius 1 is 1.05 bits per heavy atom. The molecule has 1 aromatic heterocycles. The summed E-state index contributed by atoms with van der Waals surface area (Å²) < 4.78 is 26.9. The topological polar surface area (TPSA) is 59.3 Å². The summed E-state index contributed by atoms with van der Waals surface area (Å²) in [5.74, 6) is 0. The highest BCUT2D eigenvalue weighted by Crippen LogP contribution is 2.28. The molecule has 0 saturated heterocycles. The fourth-order valence-electron chi connectivity index (χ4n) is 2.56. The van der Waals surface area contributed by atoms with E-state index < -0.39 is 16.1 Å². The average Bonchev–Trinajstić information content (AvgIpc) is 2.92. The number of fused-ring (bicyclic) bond motifs is 1. The zero-order chi connectivity index (χ0) is 15.9. The van der Waals surface area contributed by atoms with Crippen molar-refractivity contribution >= 4 is 20.9 Å². The van der Waals surface area contributed by atoms with Crippen LogP contribution in [0.5, 0.6) is 0 Å². The number of aryl methyl sites for hydroxylation is 1. The number of benzene rings is 2. The first-order chi connectivity index (χ1) is 10.4. The van der Waals surface area contributed by atoms with E-state index in [1.165, 1.54) is 10.2 Å². The van der Waals surface area contributed by atoms with Gasteiger partial charge in [0.1, 0.15) is 0 Å². The number of aliphatic hydroxyl groups excluding tert-OH is 1. The number of aromatic nitrogens is 1. The van der Waals surface area contributed by atoms with Gasteiger partial charge < -0.3 is 5.11 Å². The third kappa shape index (κ3) is 2.32. The lowest BCUT2D eigenvalue weighted by molar-refractivity contribution is 0.201. The minimum absolute atomic E-state index is 0.248. The zero-order valence-electron chi connectivity index (χ0n) is 12.4. The van der Waals surface area contributed by atoms with Crippen LogP contribution < -0.4 is 0 Å². The summed E-state index contributed by atoms with van der Waals surface area (Å²) in [5, 5.41) is 10.6. The van der Waals surface area contributed by atoms with Gasteiger partial charge in [0.15, 0.2) is 0 Å². The molecular weight excluding hydrogens is 298 g/mol. The fourth-order valence-corrected chi connectivity index (χ4v) is 3.91. The lowest BCUT2D eigenvalue weighted by atomic mass is 10.1. The van der Waals surface area contributed by atoms with Crippen molar-refractivity contribution in [3.8, 4) is 0 Å². The van der Waals surface area contributed by atoms with Crippen LogP contribution >= 0.6 is 0 Å². The maximum Gasteiger partial charge on any atom is 0.268 e. The highest BCUT2D eigenvalue weighted by atomic mass is 32.2. The highest BCUT2D eigenvalue weighted by molar-refractivity contribution is 7.90. The third-order valence-electron chi connectivity index (χ3n) is 3.76. The number of aliphatic hydroxyl groups is 1. The summed E-state index contributed by atoms with van der Waals surface area (Å²) in [4.78, 5) is 0.248. The van der Waals surface area contributed by atoms with Crippen molar-refractivity contribution in [2.75, 3.05) is 0 Å². The van der Waals surface area contributed by atoms with Crippen LogP contribution in [0.15, 0.2) is 59.6 Å². The van der Waals surface area contributed by atoms with Crippen LogP contribution in [-0.4, -0.2) is 17.5 Å². The SMILES string of the molecule is Cc1ccc(S(=O)(=O)n2ccc3c([C@H](C)O)cccc32)cc1. The van der Waals surface area contributed by atoms with Gasteiger partial charge in [-0.25, -0.2) is 12.4 Å². The molecule has 0 fully saturated rings. The quantitative estimate of drug-likeness (QED) is 0.807. The molecule has 0 spiro atoms. The van der Waals surface area contributed by atoms with E-state index in [-0.39, 0.29) is 4.90 Å². The van der Waals surface area contributed by atoms with Gasteiger partial charge in [-0.05, 0) is 43.7 Å². The summed E-state index contributed by atoms with van der Waals surface area (Å²) in [5.41, 5.74) is 2.29. The second kappa shape index (κ2) is 5.26. The lowest BCUT2D eigenvalue weighted by Crippen LogP contribution is -2.11. The number of nitrogens with zero attached hydrogens (tertiary/aromatic N) is 1. The molecule has 0 unspecified atom stereocenters. The Hall–Kier alpha value is -2.11. The zero-order valence-corrected chi connectivity index (χ0v) is 13.2. The van der Waals surface area contributed by atoms with Crippen molar-refractivity contribution in [2.45, 2.75) is 24.8 Å². The molecule has 114 valence electrons. The van der Waals surface area contributed by atoms with Crippen molar-refractivity contribution in [1.29, 1.82) is 0 Å². The number of hydrogen-bond donors (Lipinski definition) is 1. The van der Waals surface area contributed by atoms with E-state index in [1.807, 2.05) is 6.92 Å². The van der Waals surface area contributed by atoms with Crippen LogP contribution in [0.2, 0.25) is 0 Å². The van der Waals surface area contributed by atoms with Gasteiger partial charge in [0.2, 0.25) is 0 Å². The van der Waals surface area contributed by atoms with E-state index >= 15 is 0 Å². The van der Waals surface area contributed by atoms with Crippen molar-refractivity contribution in [3.63, 3.8) is 0 Å². The van der Waals surface area contributed by atoms with Gasteiger partial charge in [-0.1, -0.05) is 29.8 Å². The number of rotatable bonds is 3. The molecule has 22 heavy (non-hydrogen) atoms. The van der Waals surface area contributed by atoms with Crippen LogP contribution in [0, 0.1) is 6.92 Å². The molecule has 1 N–H and O–H groups in total. The molecule has 0 amide bonds. The van der Waals surface area contributed by atoms with Gasteiger partial charge in [0.25, 0.3) is 10.0 Å². The maximum absolute atomic E-state index is 12.8. The summed E-state index contributed by atoms with van der Waals surface area (Å²) in [6, 6.07) is 13.8. The smallest absolute Gasteiger partial charge is 0.268 e.